The summed E-state index contributed by atoms with van der Waals surface area (Å²) in [7, 11) is 0. The van der Waals surface area contributed by atoms with Gasteiger partial charge in [-0.05, 0) is 19.3 Å². The predicted molar refractivity (Wildman–Crippen MR) is 69.5 cm³/mol. The van der Waals surface area contributed by atoms with Gasteiger partial charge in [-0.2, -0.15) is 0 Å². The molecular formula is C13H21N3O2. The zero-order valence-corrected chi connectivity index (χ0v) is 10.9. The maximum absolute atomic E-state index is 11.6. The standard InChI is InChI=1S/C13H21N3O2/c1-10-9-12(16-18-10)15-13(17)14-8-7-11-5-3-2-4-6-11/h9,11H,2-8H2,1H3,(H2,14,15,16,17). The van der Waals surface area contributed by atoms with Crippen LogP contribution in [0.1, 0.15) is 44.3 Å². The third-order valence-corrected chi connectivity index (χ3v) is 3.43. The van der Waals surface area contributed by atoms with Gasteiger partial charge in [0.05, 0.1) is 0 Å². The number of amides is 2. The summed E-state index contributed by atoms with van der Waals surface area (Å²) in [6, 6.07) is 1.49. The van der Waals surface area contributed by atoms with Crippen LogP contribution in [-0.2, 0) is 0 Å². The summed E-state index contributed by atoms with van der Waals surface area (Å²) in [5.41, 5.74) is 0. The first-order valence-electron chi connectivity index (χ1n) is 6.72. The highest BCUT2D eigenvalue weighted by atomic mass is 16.5. The van der Waals surface area contributed by atoms with Crippen molar-refractivity contribution in [1.82, 2.24) is 10.5 Å². The minimum Gasteiger partial charge on any atom is -0.360 e. The molecule has 2 amide bonds. The number of hydrogen-bond donors (Lipinski definition) is 2. The van der Waals surface area contributed by atoms with E-state index in [0.717, 1.165) is 18.9 Å². The molecule has 2 N–H and O–H groups in total. The van der Waals surface area contributed by atoms with Gasteiger partial charge in [0.25, 0.3) is 0 Å². The quantitative estimate of drug-likeness (QED) is 0.864. The number of carbonyl (C=O) groups excluding carboxylic acids is 1. The first-order chi connectivity index (χ1) is 8.74. The molecule has 0 unspecified atom stereocenters. The van der Waals surface area contributed by atoms with Gasteiger partial charge in [0.15, 0.2) is 5.82 Å². The summed E-state index contributed by atoms with van der Waals surface area (Å²) in [6.07, 6.45) is 7.75. The van der Waals surface area contributed by atoms with Crippen LogP contribution in [0.5, 0.6) is 0 Å². The maximum atomic E-state index is 11.6. The fourth-order valence-corrected chi connectivity index (χ4v) is 2.45. The first-order valence-corrected chi connectivity index (χ1v) is 6.72. The molecule has 1 saturated carbocycles. The molecule has 2 rings (SSSR count). The highest BCUT2D eigenvalue weighted by Gasteiger charge is 2.13. The lowest BCUT2D eigenvalue weighted by molar-refractivity contribution is 0.249. The number of nitrogens with zero attached hydrogens (tertiary/aromatic N) is 1. The number of urea groups is 1. The fraction of sp³-hybridized carbons (Fsp3) is 0.692. The van der Waals surface area contributed by atoms with E-state index >= 15 is 0 Å². The van der Waals surface area contributed by atoms with Crippen LogP contribution in [0.15, 0.2) is 10.6 Å². The van der Waals surface area contributed by atoms with E-state index in [1.165, 1.54) is 32.1 Å². The fourth-order valence-electron chi connectivity index (χ4n) is 2.45. The molecule has 5 nitrogen and oxygen atoms in total. The Kier molecular flexibility index (Phi) is 4.61. The predicted octanol–water partition coefficient (Wildman–Crippen LogP) is 3.07. The van der Waals surface area contributed by atoms with Crippen LogP contribution in [0.25, 0.3) is 0 Å². The topological polar surface area (TPSA) is 67.2 Å². The summed E-state index contributed by atoms with van der Waals surface area (Å²) in [5, 5.41) is 9.21. The van der Waals surface area contributed by atoms with Crippen LogP contribution in [0, 0.1) is 12.8 Å². The largest absolute Gasteiger partial charge is 0.360 e. The van der Waals surface area contributed by atoms with Crippen molar-refractivity contribution in [3.8, 4) is 0 Å². The van der Waals surface area contributed by atoms with Gasteiger partial charge in [-0.1, -0.05) is 37.3 Å². The van der Waals surface area contributed by atoms with Crippen LogP contribution in [-0.4, -0.2) is 17.7 Å². The third-order valence-electron chi connectivity index (χ3n) is 3.43. The number of aryl methyl sites for hydroxylation is 1. The van der Waals surface area contributed by atoms with Gasteiger partial charge in [0.1, 0.15) is 5.76 Å². The van der Waals surface area contributed by atoms with Crippen molar-refractivity contribution in [3.63, 3.8) is 0 Å². The molecule has 0 spiro atoms. The molecule has 1 aromatic heterocycles. The second-order valence-electron chi connectivity index (χ2n) is 5.00. The van der Waals surface area contributed by atoms with E-state index in [1.54, 1.807) is 13.0 Å². The second-order valence-corrected chi connectivity index (χ2v) is 5.00. The van der Waals surface area contributed by atoms with Gasteiger partial charge in [-0.25, -0.2) is 4.79 Å². The van der Waals surface area contributed by atoms with Crippen molar-refractivity contribution in [2.75, 3.05) is 11.9 Å². The Balaban J connectivity index is 1.62. The summed E-state index contributed by atoms with van der Waals surface area (Å²) < 4.78 is 4.87. The molecule has 0 atom stereocenters. The molecule has 0 saturated heterocycles. The summed E-state index contributed by atoms with van der Waals surface area (Å²) in [6.45, 7) is 2.52. The summed E-state index contributed by atoms with van der Waals surface area (Å²) in [4.78, 5) is 11.6. The van der Waals surface area contributed by atoms with Crippen molar-refractivity contribution in [3.05, 3.63) is 11.8 Å². The molecule has 100 valence electrons. The van der Waals surface area contributed by atoms with Gasteiger partial charge >= 0.3 is 6.03 Å². The molecule has 0 radical (unpaired) electrons. The number of carbonyl (C=O) groups is 1. The average molecular weight is 251 g/mol. The number of hydrogen-bond acceptors (Lipinski definition) is 3. The van der Waals surface area contributed by atoms with E-state index in [4.69, 9.17) is 4.52 Å². The zero-order valence-electron chi connectivity index (χ0n) is 10.9. The van der Waals surface area contributed by atoms with E-state index in [-0.39, 0.29) is 6.03 Å². The van der Waals surface area contributed by atoms with Crippen LogP contribution in [0.2, 0.25) is 0 Å². The molecule has 0 aliphatic heterocycles. The minimum atomic E-state index is -0.209. The molecule has 1 aliphatic rings. The summed E-state index contributed by atoms with van der Waals surface area (Å²) in [5.74, 6) is 1.93. The normalized spacial score (nSPS) is 16.5. The maximum Gasteiger partial charge on any atom is 0.320 e. The Hall–Kier alpha value is -1.52. The van der Waals surface area contributed by atoms with Gasteiger partial charge < -0.3 is 9.84 Å². The van der Waals surface area contributed by atoms with Crippen LogP contribution in [0.4, 0.5) is 10.6 Å². The Morgan fingerprint density at radius 3 is 2.89 bits per heavy atom. The van der Waals surface area contributed by atoms with E-state index in [0.29, 0.717) is 11.6 Å². The van der Waals surface area contributed by atoms with Crippen molar-refractivity contribution in [1.29, 1.82) is 0 Å². The summed E-state index contributed by atoms with van der Waals surface area (Å²) >= 11 is 0. The van der Waals surface area contributed by atoms with Crippen LogP contribution < -0.4 is 10.6 Å². The van der Waals surface area contributed by atoms with E-state index in [2.05, 4.69) is 15.8 Å². The Morgan fingerprint density at radius 2 is 2.22 bits per heavy atom. The Labute approximate surface area is 107 Å². The van der Waals surface area contributed by atoms with Gasteiger partial charge in [0.2, 0.25) is 0 Å². The van der Waals surface area contributed by atoms with Gasteiger partial charge in [-0.3, -0.25) is 5.32 Å². The zero-order chi connectivity index (χ0) is 12.8. The molecular weight excluding hydrogens is 230 g/mol. The second kappa shape index (κ2) is 6.42. The molecule has 1 aromatic rings. The average Bonchev–Trinajstić information content (AvgIpc) is 2.76. The van der Waals surface area contributed by atoms with Crippen molar-refractivity contribution in [2.24, 2.45) is 5.92 Å². The van der Waals surface area contributed by atoms with Gasteiger partial charge in [-0.15, -0.1) is 0 Å². The van der Waals surface area contributed by atoms with Crippen molar-refractivity contribution in [2.45, 2.75) is 45.4 Å². The lowest BCUT2D eigenvalue weighted by Crippen LogP contribution is -2.30. The molecule has 1 heterocycles. The van der Waals surface area contributed by atoms with Crippen LogP contribution in [0.3, 0.4) is 0 Å². The van der Waals surface area contributed by atoms with Crippen molar-refractivity contribution < 1.29 is 9.32 Å². The smallest absolute Gasteiger partial charge is 0.320 e. The molecule has 5 heteroatoms. The lowest BCUT2D eigenvalue weighted by Gasteiger charge is -2.21. The molecule has 1 aliphatic carbocycles. The monoisotopic (exact) mass is 251 g/mol. The van der Waals surface area contributed by atoms with E-state index in [1.807, 2.05) is 0 Å². The molecule has 0 aromatic carbocycles. The molecule has 0 bridgehead atoms. The Bertz CT molecular complexity index is 383. The SMILES string of the molecule is Cc1cc(NC(=O)NCCC2CCCCC2)no1. The number of rotatable bonds is 4. The number of anilines is 1. The van der Waals surface area contributed by atoms with Crippen LogP contribution >= 0.6 is 0 Å². The molecule has 1 fully saturated rings. The Morgan fingerprint density at radius 1 is 1.44 bits per heavy atom. The van der Waals surface area contributed by atoms with Crippen molar-refractivity contribution >= 4 is 11.8 Å². The van der Waals surface area contributed by atoms with Gasteiger partial charge in [0, 0.05) is 12.6 Å². The third kappa shape index (κ3) is 4.05. The highest BCUT2D eigenvalue weighted by Crippen LogP contribution is 2.25. The minimum absolute atomic E-state index is 0.209. The van der Waals surface area contributed by atoms with E-state index < -0.39 is 0 Å². The molecule has 18 heavy (non-hydrogen) atoms. The number of nitrogens with one attached hydrogen (secondary N) is 2. The highest BCUT2D eigenvalue weighted by molar-refractivity contribution is 5.88. The first kappa shape index (κ1) is 12.9. The number of aromatic nitrogens is 1. The lowest BCUT2D eigenvalue weighted by atomic mass is 9.87. The van der Waals surface area contributed by atoms with E-state index in [9.17, 15) is 4.79 Å².